The van der Waals surface area contributed by atoms with Crippen molar-refractivity contribution in [2.24, 2.45) is 0 Å². The maximum absolute atomic E-state index is 12.3. The van der Waals surface area contributed by atoms with Gasteiger partial charge in [0.2, 0.25) is 0 Å². The Morgan fingerprint density at radius 2 is 2.42 bits per heavy atom. The number of carbonyl (C=O) groups is 1. The van der Waals surface area contributed by atoms with Crippen LogP contribution in [0.2, 0.25) is 0 Å². The first-order valence-corrected chi connectivity index (χ1v) is 7.11. The number of alkyl halides is 1. The lowest BCUT2D eigenvalue weighted by molar-refractivity contribution is -0.00975. The predicted molar refractivity (Wildman–Crippen MR) is 74.1 cm³/mol. The Kier molecular flexibility index (Phi) is 4.66. The van der Waals surface area contributed by atoms with Gasteiger partial charge in [-0.15, -0.1) is 0 Å². The average Bonchev–Trinajstić information content (AvgIpc) is 2.46. The van der Waals surface area contributed by atoms with E-state index >= 15 is 0 Å². The molecule has 1 heterocycles. The largest absolute Gasteiger partial charge is 0.507 e. The van der Waals surface area contributed by atoms with Gasteiger partial charge in [0.1, 0.15) is 11.5 Å². The third-order valence-electron chi connectivity index (χ3n) is 3.03. The Hall–Kier alpha value is -1.27. The Balaban J connectivity index is 2.15. The molecule has 1 aliphatic heterocycles. The first kappa shape index (κ1) is 14.1. The third kappa shape index (κ3) is 3.19. The summed E-state index contributed by atoms with van der Waals surface area (Å²) in [4.78, 5) is 14.0. The normalized spacial score (nSPS) is 19.3. The molecule has 0 bridgehead atoms. The molecule has 0 saturated carbocycles. The maximum atomic E-state index is 12.3. The summed E-state index contributed by atoms with van der Waals surface area (Å²) in [5.74, 6) is 0.273. The van der Waals surface area contributed by atoms with Crippen LogP contribution in [0.1, 0.15) is 10.4 Å². The van der Waals surface area contributed by atoms with Crippen molar-refractivity contribution in [1.29, 1.82) is 0 Å². The summed E-state index contributed by atoms with van der Waals surface area (Å²) in [6, 6.07) is 4.68. The number of rotatable bonds is 3. The zero-order valence-electron chi connectivity index (χ0n) is 10.6. The summed E-state index contributed by atoms with van der Waals surface area (Å²) >= 11 is 3.35. The molecular formula is C13H16BrNO4. The van der Waals surface area contributed by atoms with E-state index in [0.717, 1.165) is 0 Å². The summed E-state index contributed by atoms with van der Waals surface area (Å²) in [7, 11) is 1.51. The molecule has 5 nitrogen and oxygen atoms in total. The number of amides is 1. The molecule has 19 heavy (non-hydrogen) atoms. The van der Waals surface area contributed by atoms with E-state index in [9.17, 15) is 9.90 Å². The second-order valence-electron chi connectivity index (χ2n) is 4.28. The van der Waals surface area contributed by atoms with Gasteiger partial charge in [-0.05, 0) is 12.1 Å². The fourth-order valence-corrected chi connectivity index (χ4v) is 2.38. The Morgan fingerprint density at radius 3 is 3.05 bits per heavy atom. The summed E-state index contributed by atoms with van der Waals surface area (Å²) in [6.45, 7) is 1.57. The van der Waals surface area contributed by atoms with E-state index in [1.807, 2.05) is 0 Å². The number of aromatic hydroxyl groups is 1. The van der Waals surface area contributed by atoms with Gasteiger partial charge in [-0.1, -0.05) is 15.9 Å². The molecule has 0 spiro atoms. The number of nitrogens with zero attached hydrogens (tertiary/aromatic N) is 1. The van der Waals surface area contributed by atoms with Crippen molar-refractivity contribution >= 4 is 21.8 Å². The molecule has 1 fully saturated rings. The zero-order chi connectivity index (χ0) is 13.8. The number of hydrogen-bond donors (Lipinski definition) is 1. The second kappa shape index (κ2) is 6.25. The molecule has 1 unspecified atom stereocenters. The number of morpholine rings is 1. The Bertz CT molecular complexity index is 466. The average molecular weight is 330 g/mol. The third-order valence-corrected chi connectivity index (χ3v) is 3.76. The standard InChI is InChI=1S/C13H16BrNO4/c1-18-9-2-3-11(12(16)6-9)13(17)15-4-5-19-10(7-14)8-15/h2-3,6,10,16H,4-5,7-8H2,1H3. The molecule has 1 amide bonds. The van der Waals surface area contributed by atoms with E-state index in [1.54, 1.807) is 17.0 Å². The van der Waals surface area contributed by atoms with Gasteiger partial charge in [-0.25, -0.2) is 0 Å². The van der Waals surface area contributed by atoms with Crippen molar-refractivity contribution in [1.82, 2.24) is 4.90 Å². The number of phenols is 1. The van der Waals surface area contributed by atoms with E-state index in [2.05, 4.69) is 15.9 Å². The van der Waals surface area contributed by atoms with Gasteiger partial charge in [-0.3, -0.25) is 4.79 Å². The van der Waals surface area contributed by atoms with E-state index in [-0.39, 0.29) is 23.3 Å². The van der Waals surface area contributed by atoms with E-state index in [0.29, 0.717) is 30.8 Å². The lowest BCUT2D eigenvalue weighted by Gasteiger charge is -2.32. The quantitative estimate of drug-likeness (QED) is 0.856. The molecule has 1 aromatic rings. The molecule has 0 aromatic heterocycles. The number of ether oxygens (including phenoxy) is 2. The van der Waals surface area contributed by atoms with Crippen LogP contribution in [0, 0.1) is 0 Å². The van der Waals surface area contributed by atoms with E-state index in [4.69, 9.17) is 9.47 Å². The van der Waals surface area contributed by atoms with Gasteiger partial charge in [0.15, 0.2) is 0 Å². The summed E-state index contributed by atoms with van der Waals surface area (Å²) in [5.41, 5.74) is 0.288. The molecule has 104 valence electrons. The fourth-order valence-electron chi connectivity index (χ4n) is 1.99. The van der Waals surface area contributed by atoms with E-state index in [1.165, 1.54) is 13.2 Å². The Morgan fingerprint density at radius 1 is 1.63 bits per heavy atom. The number of carbonyl (C=O) groups excluding carboxylic acids is 1. The number of phenolic OH excluding ortho intramolecular Hbond substituents is 1. The van der Waals surface area contributed by atoms with Gasteiger partial charge < -0.3 is 19.5 Å². The number of benzene rings is 1. The molecule has 1 aliphatic rings. The van der Waals surface area contributed by atoms with Crippen molar-refractivity contribution in [3.63, 3.8) is 0 Å². The molecule has 6 heteroatoms. The van der Waals surface area contributed by atoms with Crippen LogP contribution in [0.25, 0.3) is 0 Å². The van der Waals surface area contributed by atoms with Crippen LogP contribution in [-0.4, -0.2) is 54.2 Å². The number of halogens is 1. The molecule has 1 atom stereocenters. The SMILES string of the molecule is COc1ccc(C(=O)N2CCOC(CBr)C2)c(O)c1. The van der Waals surface area contributed by atoms with E-state index < -0.39 is 0 Å². The minimum absolute atomic E-state index is 0.00177. The smallest absolute Gasteiger partial charge is 0.257 e. The summed E-state index contributed by atoms with van der Waals surface area (Å²) in [6.07, 6.45) is -0.00177. The van der Waals surface area contributed by atoms with Crippen LogP contribution in [0.15, 0.2) is 18.2 Å². The van der Waals surface area contributed by atoms with Gasteiger partial charge in [-0.2, -0.15) is 0 Å². The summed E-state index contributed by atoms with van der Waals surface area (Å²) < 4.78 is 10.5. The van der Waals surface area contributed by atoms with Gasteiger partial charge in [0, 0.05) is 24.5 Å². The first-order valence-electron chi connectivity index (χ1n) is 5.99. The Labute approximate surface area is 120 Å². The molecule has 1 saturated heterocycles. The molecule has 1 aromatic carbocycles. The van der Waals surface area contributed by atoms with Crippen LogP contribution < -0.4 is 4.74 Å². The van der Waals surface area contributed by atoms with Crippen molar-refractivity contribution in [2.45, 2.75) is 6.10 Å². The van der Waals surface area contributed by atoms with Gasteiger partial charge >= 0.3 is 0 Å². The highest BCUT2D eigenvalue weighted by molar-refractivity contribution is 9.09. The van der Waals surface area contributed by atoms with Crippen molar-refractivity contribution in [3.05, 3.63) is 23.8 Å². The molecule has 2 rings (SSSR count). The lowest BCUT2D eigenvalue weighted by Crippen LogP contribution is -2.46. The lowest BCUT2D eigenvalue weighted by atomic mass is 10.1. The van der Waals surface area contributed by atoms with Crippen LogP contribution in [0.3, 0.4) is 0 Å². The minimum atomic E-state index is -0.186. The molecule has 0 aliphatic carbocycles. The predicted octanol–water partition coefficient (Wildman–Crippen LogP) is 1.64. The van der Waals surface area contributed by atoms with Crippen molar-refractivity contribution in [3.8, 4) is 11.5 Å². The maximum Gasteiger partial charge on any atom is 0.257 e. The second-order valence-corrected chi connectivity index (χ2v) is 4.93. The highest BCUT2D eigenvalue weighted by Crippen LogP contribution is 2.25. The van der Waals surface area contributed by atoms with Crippen LogP contribution in [-0.2, 0) is 4.74 Å². The first-order chi connectivity index (χ1) is 9.15. The highest BCUT2D eigenvalue weighted by atomic mass is 79.9. The fraction of sp³-hybridized carbons (Fsp3) is 0.462. The highest BCUT2D eigenvalue weighted by Gasteiger charge is 2.25. The monoisotopic (exact) mass is 329 g/mol. The van der Waals surface area contributed by atoms with Crippen LogP contribution in [0.4, 0.5) is 0 Å². The zero-order valence-corrected chi connectivity index (χ0v) is 12.2. The molecule has 0 radical (unpaired) electrons. The minimum Gasteiger partial charge on any atom is -0.507 e. The number of hydrogen-bond acceptors (Lipinski definition) is 4. The van der Waals surface area contributed by atoms with Crippen LogP contribution >= 0.6 is 15.9 Å². The van der Waals surface area contributed by atoms with Gasteiger partial charge in [0.05, 0.1) is 25.4 Å². The topological polar surface area (TPSA) is 59.0 Å². The summed E-state index contributed by atoms with van der Waals surface area (Å²) in [5, 5.41) is 10.6. The molecular weight excluding hydrogens is 314 g/mol. The van der Waals surface area contributed by atoms with Crippen LogP contribution in [0.5, 0.6) is 11.5 Å². The van der Waals surface area contributed by atoms with Crippen molar-refractivity contribution in [2.75, 3.05) is 32.1 Å². The number of methoxy groups -OCH3 is 1. The van der Waals surface area contributed by atoms with Gasteiger partial charge in [0.25, 0.3) is 5.91 Å². The van der Waals surface area contributed by atoms with Crippen molar-refractivity contribution < 1.29 is 19.4 Å². The molecule has 1 N–H and O–H groups in total.